The summed E-state index contributed by atoms with van der Waals surface area (Å²) < 4.78 is 0. The van der Waals surface area contributed by atoms with E-state index in [1.165, 1.54) is 0 Å². The monoisotopic (exact) mass is 493 g/mol. The van der Waals surface area contributed by atoms with Gasteiger partial charge in [0.2, 0.25) is 0 Å². The molecule has 3 amide bonds. The molecule has 0 unspecified atom stereocenters. The van der Waals surface area contributed by atoms with Crippen molar-refractivity contribution in [3.8, 4) is 0 Å². The maximum absolute atomic E-state index is 12.8. The first-order valence-electron chi connectivity index (χ1n) is 10.5. The summed E-state index contributed by atoms with van der Waals surface area (Å²) in [5.41, 5.74) is 3.63. The predicted molar refractivity (Wildman–Crippen MR) is 132 cm³/mol. The minimum atomic E-state index is -0.527. The molecular formula is C26H21Cl2N3O3. The first kappa shape index (κ1) is 23.5. The number of imide groups is 1. The van der Waals surface area contributed by atoms with Crippen LogP contribution in [0.4, 0.5) is 5.69 Å². The Kier molecular flexibility index (Phi) is 7.01. The number of carbonyl (C=O) groups excluding carboxylic acids is 3. The number of carbonyl (C=O) groups is 3. The first-order chi connectivity index (χ1) is 16.3. The van der Waals surface area contributed by atoms with Gasteiger partial charge in [0.1, 0.15) is 10.7 Å². The Balaban J connectivity index is 1.38. The first-order valence-corrected chi connectivity index (χ1v) is 11.3. The van der Waals surface area contributed by atoms with Crippen molar-refractivity contribution in [2.75, 3.05) is 5.32 Å². The van der Waals surface area contributed by atoms with Gasteiger partial charge in [-0.05, 0) is 47.9 Å². The normalized spacial score (nSPS) is 13.4. The largest absolute Gasteiger partial charge is 0.375 e. The number of rotatable bonds is 7. The van der Waals surface area contributed by atoms with E-state index in [2.05, 4.69) is 10.6 Å². The highest BCUT2D eigenvalue weighted by molar-refractivity contribution is 6.47. The van der Waals surface area contributed by atoms with Gasteiger partial charge in [-0.2, -0.15) is 0 Å². The van der Waals surface area contributed by atoms with Crippen molar-refractivity contribution < 1.29 is 14.4 Å². The number of anilines is 1. The van der Waals surface area contributed by atoms with Crippen LogP contribution in [0.5, 0.6) is 0 Å². The summed E-state index contributed by atoms with van der Waals surface area (Å²) in [7, 11) is 0. The molecule has 34 heavy (non-hydrogen) atoms. The maximum Gasteiger partial charge on any atom is 0.278 e. The van der Waals surface area contributed by atoms with E-state index in [1.54, 1.807) is 42.5 Å². The van der Waals surface area contributed by atoms with Crippen LogP contribution in [0.2, 0.25) is 5.02 Å². The molecule has 1 aliphatic rings. The summed E-state index contributed by atoms with van der Waals surface area (Å²) in [6.07, 6.45) is 0. The van der Waals surface area contributed by atoms with Crippen molar-refractivity contribution in [3.63, 3.8) is 0 Å². The van der Waals surface area contributed by atoms with Gasteiger partial charge in [0.15, 0.2) is 0 Å². The van der Waals surface area contributed by atoms with Gasteiger partial charge in [0, 0.05) is 22.8 Å². The lowest BCUT2D eigenvalue weighted by molar-refractivity contribution is -0.138. The highest BCUT2D eigenvalue weighted by Crippen LogP contribution is 2.25. The molecule has 0 saturated carbocycles. The van der Waals surface area contributed by atoms with Crippen LogP contribution < -0.4 is 10.6 Å². The number of benzene rings is 3. The molecule has 172 valence electrons. The Morgan fingerprint density at radius 3 is 2.26 bits per heavy atom. The van der Waals surface area contributed by atoms with Crippen LogP contribution in [-0.4, -0.2) is 22.6 Å². The number of amides is 3. The molecule has 0 bridgehead atoms. The molecular weight excluding hydrogens is 473 g/mol. The van der Waals surface area contributed by atoms with E-state index in [-0.39, 0.29) is 29.7 Å². The SMILES string of the molecule is Cc1c(Cl)cccc1NC(=O)c1ccc(CNC2=C(Cl)C(=O)N(Cc3ccccc3)C2=O)cc1. The molecule has 0 spiro atoms. The average Bonchev–Trinajstić information content (AvgIpc) is 3.04. The molecule has 0 aliphatic carbocycles. The van der Waals surface area contributed by atoms with Gasteiger partial charge in [-0.15, -0.1) is 0 Å². The van der Waals surface area contributed by atoms with Crippen LogP contribution in [0.1, 0.15) is 27.0 Å². The van der Waals surface area contributed by atoms with Crippen LogP contribution in [0.3, 0.4) is 0 Å². The Morgan fingerprint density at radius 2 is 1.56 bits per heavy atom. The van der Waals surface area contributed by atoms with E-state index in [1.807, 2.05) is 37.3 Å². The van der Waals surface area contributed by atoms with Crippen molar-refractivity contribution in [2.45, 2.75) is 20.0 Å². The Labute approximate surface area is 207 Å². The molecule has 0 aromatic heterocycles. The second-order valence-electron chi connectivity index (χ2n) is 7.79. The summed E-state index contributed by atoms with van der Waals surface area (Å²) in [5.74, 6) is -1.25. The smallest absolute Gasteiger partial charge is 0.278 e. The van der Waals surface area contributed by atoms with Gasteiger partial charge < -0.3 is 10.6 Å². The minimum Gasteiger partial charge on any atom is -0.375 e. The van der Waals surface area contributed by atoms with Crippen LogP contribution in [0.15, 0.2) is 83.5 Å². The van der Waals surface area contributed by atoms with Crippen LogP contribution in [0.25, 0.3) is 0 Å². The highest BCUT2D eigenvalue weighted by Gasteiger charge is 2.37. The summed E-state index contributed by atoms with van der Waals surface area (Å²) >= 11 is 12.3. The van der Waals surface area contributed by atoms with Gasteiger partial charge >= 0.3 is 0 Å². The summed E-state index contributed by atoms with van der Waals surface area (Å²) in [5, 5.41) is 6.27. The van der Waals surface area contributed by atoms with Crippen molar-refractivity contribution in [1.29, 1.82) is 0 Å². The molecule has 1 aliphatic heterocycles. The summed E-state index contributed by atoms with van der Waals surface area (Å²) in [6, 6.07) is 21.5. The molecule has 1 heterocycles. The van der Waals surface area contributed by atoms with Gasteiger partial charge in [-0.3, -0.25) is 19.3 Å². The van der Waals surface area contributed by atoms with Crippen LogP contribution in [-0.2, 0) is 22.7 Å². The number of hydrogen-bond acceptors (Lipinski definition) is 4. The zero-order chi connectivity index (χ0) is 24.2. The van der Waals surface area contributed by atoms with Crippen molar-refractivity contribution in [3.05, 3.63) is 111 Å². The van der Waals surface area contributed by atoms with E-state index >= 15 is 0 Å². The number of nitrogens with one attached hydrogen (secondary N) is 2. The molecule has 4 rings (SSSR count). The lowest BCUT2D eigenvalue weighted by atomic mass is 10.1. The zero-order valence-electron chi connectivity index (χ0n) is 18.3. The van der Waals surface area contributed by atoms with E-state index in [0.29, 0.717) is 16.3 Å². The second kappa shape index (κ2) is 10.1. The molecule has 6 nitrogen and oxygen atoms in total. The molecule has 8 heteroatoms. The quantitative estimate of drug-likeness (QED) is 0.453. The third-order valence-corrected chi connectivity index (χ3v) is 6.26. The van der Waals surface area contributed by atoms with Gasteiger partial charge in [0.25, 0.3) is 17.7 Å². The molecule has 2 N–H and O–H groups in total. The standard InChI is InChI=1S/C26H21Cl2N3O3/c1-16-20(27)8-5-9-21(16)30-24(32)19-12-10-17(11-13-19)14-29-23-22(28)25(33)31(26(23)34)15-18-6-3-2-4-7-18/h2-13,29H,14-15H2,1H3,(H,30,32). The molecule has 0 fully saturated rings. The Morgan fingerprint density at radius 1 is 0.853 bits per heavy atom. The van der Waals surface area contributed by atoms with Crippen molar-refractivity contribution >= 4 is 46.6 Å². The lowest BCUT2D eigenvalue weighted by Crippen LogP contribution is -2.33. The van der Waals surface area contributed by atoms with E-state index in [4.69, 9.17) is 23.2 Å². The topological polar surface area (TPSA) is 78.5 Å². The summed E-state index contributed by atoms with van der Waals surface area (Å²) in [4.78, 5) is 38.9. The predicted octanol–water partition coefficient (Wildman–Crippen LogP) is 5.01. The molecule has 3 aromatic carbocycles. The number of halogens is 2. The maximum atomic E-state index is 12.8. The van der Waals surface area contributed by atoms with Gasteiger partial charge in [-0.1, -0.05) is 71.7 Å². The number of hydrogen-bond donors (Lipinski definition) is 2. The third kappa shape index (κ3) is 4.98. The Hall–Kier alpha value is -3.61. The fourth-order valence-corrected chi connectivity index (χ4v) is 3.94. The Bertz CT molecular complexity index is 1290. The van der Waals surface area contributed by atoms with Gasteiger partial charge in [-0.25, -0.2) is 0 Å². The molecule has 3 aromatic rings. The molecule has 0 radical (unpaired) electrons. The zero-order valence-corrected chi connectivity index (χ0v) is 19.8. The van der Waals surface area contributed by atoms with E-state index in [9.17, 15) is 14.4 Å². The van der Waals surface area contributed by atoms with E-state index in [0.717, 1.165) is 21.6 Å². The van der Waals surface area contributed by atoms with Crippen LogP contribution >= 0.6 is 23.2 Å². The van der Waals surface area contributed by atoms with Crippen molar-refractivity contribution in [1.82, 2.24) is 10.2 Å². The van der Waals surface area contributed by atoms with Crippen LogP contribution in [0, 0.1) is 6.92 Å². The highest BCUT2D eigenvalue weighted by atomic mass is 35.5. The average molecular weight is 494 g/mol. The van der Waals surface area contributed by atoms with E-state index < -0.39 is 11.8 Å². The minimum absolute atomic E-state index is 0.0702. The fraction of sp³-hybridized carbons (Fsp3) is 0.115. The second-order valence-corrected chi connectivity index (χ2v) is 8.57. The lowest BCUT2D eigenvalue weighted by Gasteiger charge is -2.15. The van der Waals surface area contributed by atoms with Gasteiger partial charge in [0.05, 0.1) is 6.54 Å². The number of nitrogens with zero attached hydrogens (tertiary/aromatic N) is 1. The fourth-order valence-electron chi connectivity index (χ4n) is 3.51. The summed E-state index contributed by atoms with van der Waals surface area (Å²) in [6.45, 7) is 2.25. The third-order valence-electron chi connectivity index (χ3n) is 5.50. The van der Waals surface area contributed by atoms with Crippen molar-refractivity contribution in [2.24, 2.45) is 0 Å². The molecule has 0 saturated heterocycles. The molecule has 0 atom stereocenters.